The molecule has 0 aliphatic heterocycles. The molecule has 2 aromatic rings. The number of esters is 1. The highest BCUT2D eigenvalue weighted by atomic mass is 16.5. The quantitative estimate of drug-likeness (QED) is 0.675. The molecule has 30 heavy (non-hydrogen) atoms. The molecule has 158 valence electrons. The molecule has 0 atom stereocenters. The molecule has 2 amide bonds. The maximum absolute atomic E-state index is 13.0. The number of rotatable bonds is 8. The summed E-state index contributed by atoms with van der Waals surface area (Å²) in [7, 11) is 0. The molecule has 0 saturated heterocycles. The van der Waals surface area contributed by atoms with E-state index in [1.54, 1.807) is 17.0 Å². The van der Waals surface area contributed by atoms with Gasteiger partial charge in [-0.3, -0.25) is 9.59 Å². The highest BCUT2D eigenvalue weighted by Gasteiger charge is 2.27. The second-order valence-corrected chi connectivity index (χ2v) is 7.25. The average Bonchev–Trinajstić information content (AvgIpc) is 2.78. The van der Waals surface area contributed by atoms with Crippen LogP contribution in [0.25, 0.3) is 0 Å². The fraction of sp³-hybridized carbons (Fsp3) is 0.348. The van der Waals surface area contributed by atoms with E-state index in [2.05, 4.69) is 0 Å². The van der Waals surface area contributed by atoms with Gasteiger partial charge in [-0.2, -0.15) is 0 Å². The van der Waals surface area contributed by atoms with Gasteiger partial charge in [0.1, 0.15) is 5.75 Å². The smallest absolute Gasteiger partial charge is 0.338 e. The number of carbonyl (C=O) groups is 3. The molecule has 0 radical (unpaired) electrons. The van der Waals surface area contributed by atoms with Crippen LogP contribution in [0, 0.1) is 0 Å². The molecular formula is C23H26N2O5. The van der Waals surface area contributed by atoms with E-state index in [0.29, 0.717) is 5.75 Å². The summed E-state index contributed by atoms with van der Waals surface area (Å²) in [4.78, 5) is 37.8. The zero-order valence-corrected chi connectivity index (χ0v) is 16.8. The molecule has 1 fully saturated rings. The van der Waals surface area contributed by atoms with Crippen molar-refractivity contribution in [2.45, 2.75) is 38.1 Å². The lowest BCUT2D eigenvalue weighted by molar-refractivity contribution is -0.122. The number of carbonyl (C=O) groups excluding carboxylic acids is 3. The zero-order valence-electron chi connectivity index (χ0n) is 16.8. The Morgan fingerprint density at radius 1 is 0.900 bits per heavy atom. The summed E-state index contributed by atoms with van der Waals surface area (Å²) in [6, 6.07) is 15.7. The fourth-order valence-electron chi connectivity index (χ4n) is 3.61. The van der Waals surface area contributed by atoms with Crippen molar-refractivity contribution < 1.29 is 23.9 Å². The van der Waals surface area contributed by atoms with Crippen LogP contribution in [0.5, 0.6) is 5.75 Å². The fourth-order valence-corrected chi connectivity index (χ4v) is 3.61. The minimum Gasteiger partial charge on any atom is -0.484 e. The first-order chi connectivity index (χ1) is 14.5. The normalized spacial score (nSPS) is 14.0. The maximum Gasteiger partial charge on any atom is 0.338 e. The second kappa shape index (κ2) is 10.4. The molecule has 0 unspecified atom stereocenters. The van der Waals surface area contributed by atoms with Crippen LogP contribution in [-0.2, 0) is 14.3 Å². The van der Waals surface area contributed by atoms with E-state index >= 15 is 0 Å². The molecule has 0 heterocycles. The Kier molecular flexibility index (Phi) is 7.43. The lowest BCUT2D eigenvalue weighted by Crippen LogP contribution is -2.43. The van der Waals surface area contributed by atoms with Crippen molar-refractivity contribution in [3.63, 3.8) is 0 Å². The summed E-state index contributed by atoms with van der Waals surface area (Å²) in [6.07, 6.45) is 5.25. The number of ether oxygens (including phenoxy) is 2. The summed E-state index contributed by atoms with van der Waals surface area (Å²) < 4.78 is 10.4. The number of primary amides is 1. The first-order valence-corrected chi connectivity index (χ1v) is 10.1. The van der Waals surface area contributed by atoms with Crippen LogP contribution < -0.4 is 15.4 Å². The van der Waals surface area contributed by atoms with Gasteiger partial charge in [0.25, 0.3) is 11.8 Å². The Balaban J connectivity index is 1.61. The van der Waals surface area contributed by atoms with Gasteiger partial charge in [-0.15, -0.1) is 0 Å². The number of anilines is 1. The summed E-state index contributed by atoms with van der Waals surface area (Å²) in [5.41, 5.74) is 6.14. The molecule has 2 aromatic carbocycles. The SMILES string of the molecule is NC(=O)COc1ccc(C(=O)OCC(=O)N(c2ccccc2)C2CCCCC2)cc1. The molecule has 1 aliphatic rings. The van der Waals surface area contributed by atoms with E-state index in [9.17, 15) is 14.4 Å². The third-order valence-corrected chi connectivity index (χ3v) is 5.04. The second-order valence-electron chi connectivity index (χ2n) is 7.25. The Hall–Kier alpha value is -3.35. The number of hydrogen-bond acceptors (Lipinski definition) is 5. The van der Waals surface area contributed by atoms with Crippen LogP contribution in [0.3, 0.4) is 0 Å². The van der Waals surface area contributed by atoms with Crippen LogP contribution in [0.15, 0.2) is 54.6 Å². The van der Waals surface area contributed by atoms with E-state index in [4.69, 9.17) is 15.2 Å². The van der Waals surface area contributed by atoms with E-state index < -0.39 is 11.9 Å². The molecule has 2 N–H and O–H groups in total. The minimum absolute atomic E-state index is 0.119. The lowest BCUT2D eigenvalue weighted by atomic mass is 9.93. The highest BCUT2D eigenvalue weighted by molar-refractivity contribution is 5.97. The summed E-state index contributed by atoms with van der Waals surface area (Å²) in [5, 5.41) is 0. The monoisotopic (exact) mass is 410 g/mol. The lowest BCUT2D eigenvalue weighted by Gasteiger charge is -2.34. The Morgan fingerprint density at radius 3 is 2.20 bits per heavy atom. The minimum atomic E-state index is -0.596. The topological polar surface area (TPSA) is 98.9 Å². The molecule has 1 aliphatic carbocycles. The number of benzene rings is 2. The van der Waals surface area contributed by atoms with Gasteiger partial charge >= 0.3 is 5.97 Å². The molecular weight excluding hydrogens is 384 g/mol. The van der Waals surface area contributed by atoms with E-state index in [1.807, 2.05) is 30.3 Å². The van der Waals surface area contributed by atoms with Gasteiger partial charge in [0, 0.05) is 11.7 Å². The Bertz CT molecular complexity index is 861. The Labute approximate surface area is 175 Å². The van der Waals surface area contributed by atoms with E-state index in [1.165, 1.54) is 18.6 Å². The van der Waals surface area contributed by atoms with Crippen molar-refractivity contribution in [2.75, 3.05) is 18.1 Å². The Morgan fingerprint density at radius 2 is 1.57 bits per heavy atom. The highest BCUT2D eigenvalue weighted by Crippen LogP contribution is 2.27. The third-order valence-electron chi connectivity index (χ3n) is 5.04. The summed E-state index contributed by atoms with van der Waals surface area (Å²) >= 11 is 0. The predicted molar refractivity (Wildman–Crippen MR) is 112 cm³/mol. The van der Waals surface area contributed by atoms with Crippen LogP contribution in [0.1, 0.15) is 42.5 Å². The molecule has 7 heteroatoms. The number of hydrogen-bond donors (Lipinski definition) is 1. The van der Waals surface area contributed by atoms with Crippen LogP contribution in [0.2, 0.25) is 0 Å². The van der Waals surface area contributed by atoms with Crippen molar-refractivity contribution >= 4 is 23.5 Å². The van der Waals surface area contributed by atoms with Crippen LogP contribution in [-0.4, -0.2) is 37.0 Å². The summed E-state index contributed by atoms with van der Waals surface area (Å²) in [5.74, 6) is -1.00. The number of nitrogens with two attached hydrogens (primary N) is 1. The van der Waals surface area contributed by atoms with Gasteiger partial charge in [-0.1, -0.05) is 37.5 Å². The van der Waals surface area contributed by atoms with Crippen LogP contribution in [0.4, 0.5) is 5.69 Å². The van der Waals surface area contributed by atoms with Gasteiger partial charge in [0.05, 0.1) is 5.56 Å². The van der Waals surface area contributed by atoms with E-state index in [0.717, 1.165) is 31.4 Å². The predicted octanol–water partition coefficient (Wildman–Crippen LogP) is 3.07. The molecule has 0 spiro atoms. The molecule has 0 aromatic heterocycles. The van der Waals surface area contributed by atoms with Crippen molar-refractivity contribution in [1.82, 2.24) is 0 Å². The molecule has 3 rings (SSSR count). The van der Waals surface area contributed by atoms with Gasteiger partial charge in [0.15, 0.2) is 13.2 Å². The first-order valence-electron chi connectivity index (χ1n) is 10.1. The zero-order chi connectivity index (χ0) is 21.3. The van der Waals surface area contributed by atoms with Crippen molar-refractivity contribution in [2.24, 2.45) is 5.73 Å². The number of para-hydroxylation sites is 1. The number of amides is 2. The maximum atomic E-state index is 13.0. The average molecular weight is 410 g/mol. The molecule has 0 bridgehead atoms. The van der Waals surface area contributed by atoms with Gasteiger partial charge < -0.3 is 20.1 Å². The van der Waals surface area contributed by atoms with Gasteiger partial charge in [-0.25, -0.2) is 4.79 Å². The molecule has 1 saturated carbocycles. The number of nitrogens with zero attached hydrogens (tertiary/aromatic N) is 1. The van der Waals surface area contributed by atoms with Gasteiger partial charge in [-0.05, 0) is 49.2 Å². The van der Waals surface area contributed by atoms with Crippen molar-refractivity contribution in [3.05, 3.63) is 60.2 Å². The summed E-state index contributed by atoms with van der Waals surface area (Å²) in [6.45, 7) is -0.570. The third kappa shape index (κ3) is 5.83. The van der Waals surface area contributed by atoms with E-state index in [-0.39, 0.29) is 30.7 Å². The van der Waals surface area contributed by atoms with Crippen molar-refractivity contribution in [3.8, 4) is 5.75 Å². The van der Waals surface area contributed by atoms with Gasteiger partial charge in [0.2, 0.25) is 0 Å². The van der Waals surface area contributed by atoms with Crippen molar-refractivity contribution in [1.29, 1.82) is 0 Å². The first kappa shape index (κ1) is 21.4. The molecule has 7 nitrogen and oxygen atoms in total. The standard InChI is InChI=1S/C23H26N2O5/c24-21(26)15-29-20-13-11-17(12-14-20)23(28)30-16-22(27)25(18-7-3-1-4-8-18)19-9-5-2-6-10-19/h1,3-4,7-8,11-14,19H,2,5-6,9-10,15-16H2,(H2,24,26). The van der Waals surface area contributed by atoms with Crippen LogP contribution >= 0.6 is 0 Å². The largest absolute Gasteiger partial charge is 0.484 e.